The number of hydrogen-bond acceptors (Lipinski definition) is 3. The van der Waals surface area contributed by atoms with Crippen LogP contribution in [0.15, 0.2) is 53.1 Å². The van der Waals surface area contributed by atoms with Crippen LogP contribution in [0.5, 0.6) is 0 Å². The number of benzene rings is 1. The number of rotatable bonds is 5. The maximum atomic E-state index is 14.2. The number of nitrogens with one attached hydrogen (secondary N) is 1. The van der Waals surface area contributed by atoms with Crippen molar-refractivity contribution < 1.29 is 14.4 Å². The van der Waals surface area contributed by atoms with Crippen molar-refractivity contribution in [2.24, 2.45) is 34.5 Å². The summed E-state index contributed by atoms with van der Waals surface area (Å²) in [6, 6.07) is 9.97. The summed E-state index contributed by atoms with van der Waals surface area (Å²) < 4.78 is 0. The molecule has 1 aromatic rings. The molecule has 4 nitrogen and oxygen atoms in total. The van der Waals surface area contributed by atoms with E-state index in [1.54, 1.807) is 0 Å². The number of fused-ring (bicyclic) bond motifs is 5. The molecule has 0 bridgehead atoms. The average Bonchev–Trinajstić information content (AvgIpc) is 3.58. The number of ketones is 2. The van der Waals surface area contributed by atoms with Crippen molar-refractivity contribution in [3.63, 3.8) is 0 Å². The van der Waals surface area contributed by atoms with E-state index in [0.717, 1.165) is 42.4 Å². The predicted octanol–water partition coefficient (Wildman–Crippen LogP) is 6.46. The molecule has 0 radical (unpaired) electrons. The van der Waals surface area contributed by atoms with Crippen molar-refractivity contribution in [3.8, 4) is 0 Å². The molecule has 6 rings (SSSR count). The molecule has 4 heteroatoms. The first-order valence-corrected chi connectivity index (χ1v) is 14.5. The fourth-order valence-corrected chi connectivity index (χ4v) is 8.99. The maximum Gasteiger partial charge on any atom is 0.289 e. The summed E-state index contributed by atoms with van der Waals surface area (Å²) in [5.74, 6) is 0.703. The minimum atomic E-state index is -1.01. The lowest BCUT2D eigenvalue weighted by Gasteiger charge is -2.56. The van der Waals surface area contributed by atoms with Crippen LogP contribution in [0.4, 0.5) is 0 Å². The second-order valence-corrected chi connectivity index (χ2v) is 13.3. The third-order valence-corrected chi connectivity index (χ3v) is 10.9. The van der Waals surface area contributed by atoms with Crippen LogP contribution in [0.2, 0.25) is 0 Å². The Balaban J connectivity index is 1.39. The van der Waals surface area contributed by atoms with Crippen LogP contribution in [-0.2, 0) is 19.9 Å². The van der Waals surface area contributed by atoms with Crippen LogP contribution in [0.1, 0.15) is 91.0 Å². The average molecular weight is 500 g/mol. The van der Waals surface area contributed by atoms with Crippen molar-refractivity contribution in [1.82, 2.24) is 5.32 Å². The molecular weight excluding hydrogens is 458 g/mol. The lowest BCUT2D eigenvalue weighted by Crippen LogP contribution is -2.51. The summed E-state index contributed by atoms with van der Waals surface area (Å²) >= 11 is 0. The summed E-state index contributed by atoms with van der Waals surface area (Å²) in [5, 5.41) is 3.13. The Kier molecular flexibility index (Phi) is 5.71. The van der Waals surface area contributed by atoms with Gasteiger partial charge in [0.2, 0.25) is 5.78 Å². The molecule has 2 unspecified atom stereocenters. The van der Waals surface area contributed by atoms with Crippen molar-refractivity contribution in [3.05, 3.63) is 58.7 Å². The molecule has 37 heavy (non-hydrogen) atoms. The lowest BCUT2D eigenvalue weighted by atomic mass is 9.48. The van der Waals surface area contributed by atoms with E-state index < -0.39 is 22.6 Å². The van der Waals surface area contributed by atoms with Gasteiger partial charge in [-0.1, -0.05) is 82.5 Å². The van der Waals surface area contributed by atoms with Crippen LogP contribution in [-0.4, -0.2) is 17.5 Å². The Hall–Kier alpha value is -2.49. The first-order valence-electron chi connectivity index (χ1n) is 14.5. The van der Waals surface area contributed by atoms with E-state index in [-0.39, 0.29) is 29.5 Å². The molecule has 0 aliphatic heterocycles. The van der Waals surface area contributed by atoms with Crippen LogP contribution in [0, 0.1) is 34.5 Å². The highest BCUT2D eigenvalue weighted by atomic mass is 16.2. The molecule has 0 saturated heterocycles. The number of allylic oxidation sites excluding steroid dienone is 4. The smallest absolute Gasteiger partial charge is 0.289 e. The standard InChI is InChI=1S/C33H41NO3/c1-20(2)27-26(35)19-32(29(36)30(37)34-33(17-18-33)22-10-6-5-7-11-22)16-14-25-23(28(27)32)12-13-24-21(3)9-8-15-31(24,25)4/h5-7,10-11,14,20-21,23-24H,8-9,12-13,15-19H2,1-4H3,(H,34,37)/t21?,23?,24-,31-,32-/m1/s1. The van der Waals surface area contributed by atoms with Gasteiger partial charge in [-0.15, -0.1) is 0 Å². The monoisotopic (exact) mass is 499 g/mol. The van der Waals surface area contributed by atoms with Gasteiger partial charge >= 0.3 is 0 Å². The number of Topliss-reactive ketones (excluding diaryl/α,β-unsaturated/α-hetero) is 2. The van der Waals surface area contributed by atoms with Gasteiger partial charge in [0.05, 0.1) is 11.0 Å². The first-order chi connectivity index (χ1) is 17.6. The molecule has 1 amide bonds. The lowest BCUT2D eigenvalue weighted by molar-refractivity contribution is -0.144. The van der Waals surface area contributed by atoms with Gasteiger partial charge in [0.1, 0.15) is 0 Å². The topological polar surface area (TPSA) is 63.2 Å². The molecule has 0 heterocycles. The Morgan fingerprint density at radius 2 is 1.76 bits per heavy atom. The van der Waals surface area contributed by atoms with E-state index >= 15 is 0 Å². The fraction of sp³-hybridized carbons (Fsp3) is 0.606. The molecule has 5 aliphatic carbocycles. The highest BCUT2D eigenvalue weighted by Crippen LogP contribution is 2.65. The minimum Gasteiger partial charge on any atom is -0.340 e. The van der Waals surface area contributed by atoms with Crippen LogP contribution in [0.25, 0.3) is 0 Å². The zero-order valence-electron chi connectivity index (χ0n) is 22.9. The minimum absolute atomic E-state index is 0.0505. The van der Waals surface area contributed by atoms with Gasteiger partial charge in [0, 0.05) is 12.3 Å². The number of carbonyl (C=O) groups is 3. The Labute approximate surface area is 221 Å². The van der Waals surface area contributed by atoms with Crippen molar-refractivity contribution in [2.45, 2.75) is 91.0 Å². The van der Waals surface area contributed by atoms with Crippen LogP contribution >= 0.6 is 0 Å². The molecule has 3 fully saturated rings. The predicted molar refractivity (Wildman–Crippen MR) is 144 cm³/mol. The second kappa shape index (κ2) is 8.51. The SMILES string of the molecule is CC(C)C1=C2C3CC[C@@H]4C(C)CCC[C@@]4(C)C3=CC[C@@]2(C(=O)C(=O)NC2(c3ccccc3)CC2)CC1=O. The largest absolute Gasteiger partial charge is 0.340 e. The Morgan fingerprint density at radius 1 is 1.03 bits per heavy atom. The van der Waals surface area contributed by atoms with E-state index in [9.17, 15) is 14.4 Å². The summed E-state index contributed by atoms with van der Waals surface area (Å²) in [6.07, 6.45) is 10.5. The molecule has 3 saturated carbocycles. The van der Waals surface area contributed by atoms with Gasteiger partial charge in [0.25, 0.3) is 5.91 Å². The first kappa shape index (κ1) is 24.8. The van der Waals surface area contributed by atoms with Gasteiger partial charge < -0.3 is 5.32 Å². The quantitative estimate of drug-likeness (QED) is 0.374. The van der Waals surface area contributed by atoms with E-state index in [1.807, 2.05) is 30.3 Å². The Bertz CT molecular complexity index is 1220. The molecule has 0 aromatic heterocycles. The molecule has 196 valence electrons. The van der Waals surface area contributed by atoms with E-state index in [0.29, 0.717) is 18.3 Å². The van der Waals surface area contributed by atoms with Gasteiger partial charge in [-0.25, -0.2) is 0 Å². The van der Waals surface area contributed by atoms with E-state index in [1.165, 1.54) is 24.8 Å². The number of hydrogen-bond donors (Lipinski definition) is 1. The zero-order valence-corrected chi connectivity index (χ0v) is 22.9. The summed E-state index contributed by atoms with van der Waals surface area (Å²) in [7, 11) is 0. The third-order valence-electron chi connectivity index (χ3n) is 10.9. The van der Waals surface area contributed by atoms with Gasteiger partial charge in [-0.3, -0.25) is 14.4 Å². The van der Waals surface area contributed by atoms with Gasteiger partial charge in [0.15, 0.2) is 5.78 Å². The van der Waals surface area contributed by atoms with Gasteiger partial charge in [-0.05, 0) is 78.4 Å². The molecule has 1 aromatic carbocycles. The van der Waals surface area contributed by atoms with Crippen molar-refractivity contribution >= 4 is 17.5 Å². The highest BCUT2D eigenvalue weighted by molar-refractivity contribution is 6.40. The normalized spacial score (nSPS) is 35.9. The molecular formula is C33H41NO3. The van der Waals surface area contributed by atoms with Crippen LogP contribution < -0.4 is 5.32 Å². The van der Waals surface area contributed by atoms with Gasteiger partial charge in [-0.2, -0.15) is 0 Å². The maximum absolute atomic E-state index is 14.2. The third kappa shape index (κ3) is 3.57. The molecule has 5 aliphatic rings. The summed E-state index contributed by atoms with van der Waals surface area (Å²) in [6.45, 7) is 8.99. The molecule has 1 N–H and O–H groups in total. The number of carbonyl (C=O) groups excluding carboxylic acids is 3. The molecule has 5 atom stereocenters. The Morgan fingerprint density at radius 3 is 2.43 bits per heavy atom. The number of amides is 1. The van der Waals surface area contributed by atoms with Crippen molar-refractivity contribution in [1.29, 1.82) is 0 Å². The fourth-order valence-electron chi connectivity index (χ4n) is 8.99. The van der Waals surface area contributed by atoms with E-state index in [4.69, 9.17) is 0 Å². The van der Waals surface area contributed by atoms with E-state index in [2.05, 4.69) is 39.1 Å². The van der Waals surface area contributed by atoms with Crippen LogP contribution in [0.3, 0.4) is 0 Å². The summed E-state index contributed by atoms with van der Waals surface area (Å²) in [5.41, 5.74) is 3.05. The zero-order chi connectivity index (χ0) is 26.2. The second-order valence-electron chi connectivity index (χ2n) is 13.3. The highest BCUT2D eigenvalue weighted by Gasteiger charge is 2.61. The molecule has 0 spiro atoms. The summed E-state index contributed by atoms with van der Waals surface area (Å²) in [4.78, 5) is 41.4. The van der Waals surface area contributed by atoms with Crippen molar-refractivity contribution in [2.75, 3.05) is 0 Å².